The number of amides is 2. The maximum absolute atomic E-state index is 13.7. The van der Waals surface area contributed by atoms with Crippen molar-refractivity contribution in [2.45, 2.75) is 20.8 Å². The number of ether oxygens (including phenoxy) is 1. The molecule has 0 radical (unpaired) electrons. The SMILES string of the molecule is COc1ccc(NC2=C(c3ccc(C)cc3C)C(=O)N(c3cc(Cl)ccc3C)C2=O)cc1. The molecule has 0 aliphatic carbocycles. The van der Waals surface area contributed by atoms with Crippen molar-refractivity contribution in [1.82, 2.24) is 0 Å². The van der Waals surface area contributed by atoms with Crippen LogP contribution >= 0.6 is 11.6 Å². The predicted molar refractivity (Wildman–Crippen MR) is 128 cm³/mol. The van der Waals surface area contributed by atoms with E-state index >= 15 is 0 Å². The number of methoxy groups -OCH3 is 1. The van der Waals surface area contributed by atoms with Crippen LogP contribution in [0.1, 0.15) is 22.3 Å². The van der Waals surface area contributed by atoms with Crippen LogP contribution in [0.15, 0.2) is 66.4 Å². The number of nitrogens with zero attached hydrogens (tertiary/aromatic N) is 1. The second-order valence-electron chi connectivity index (χ2n) is 7.80. The van der Waals surface area contributed by atoms with Gasteiger partial charge in [-0.15, -0.1) is 0 Å². The van der Waals surface area contributed by atoms with Gasteiger partial charge in [0, 0.05) is 10.7 Å². The molecule has 0 unspecified atom stereocenters. The zero-order chi connectivity index (χ0) is 23.0. The highest BCUT2D eigenvalue weighted by atomic mass is 35.5. The summed E-state index contributed by atoms with van der Waals surface area (Å²) in [5.74, 6) is -0.112. The number of carbonyl (C=O) groups excluding carboxylic acids is 2. The highest BCUT2D eigenvalue weighted by Gasteiger charge is 2.41. The standard InChI is InChI=1S/C26H23ClN2O3/c1-15-5-12-21(17(3)13-15)23-24(28-19-8-10-20(32-4)11-9-19)26(31)29(25(23)30)22-14-18(27)7-6-16(22)2/h5-14,28H,1-4H3. The first-order chi connectivity index (χ1) is 15.3. The molecule has 1 aliphatic rings. The van der Waals surface area contributed by atoms with Crippen LogP contribution in [0.25, 0.3) is 5.57 Å². The molecule has 1 aliphatic heterocycles. The molecule has 4 rings (SSSR count). The summed E-state index contributed by atoms with van der Waals surface area (Å²) in [6.07, 6.45) is 0. The zero-order valence-corrected chi connectivity index (χ0v) is 19.1. The third-order valence-corrected chi connectivity index (χ3v) is 5.74. The van der Waals surface area contributed by atoms with Crippen molar-refractivity contribution in [3.8, 4) is 5.75 Å². The Morgan fingerprint density at radius 1 is 0.844 bits per heavy atom. The summed E-state index contributed by atoms with van der Waals surface area (Å²) in [6, 6.07) is 18.2. The maximum Gasteiger partial charge on any atom is 0.282 e. The lowest BCUT2D eigenvalue weighted by atomic mass is 9.97. The van der Waals surface area contributed by atoms with Crippen molar-refractivity contribution in [3.63, 3.8) is 0 Å². The van der Waals surface area contributed by atoms with Crippen LogP contribution < -0.4 is 15.0 Å². The number of benzene rings is 3. The lowest BCUT2D eigenvalue weighted by molar-refractivity contribution is -0.120. The highest BCUT2D eigenvalue weighted by Crippen LogP contribution is 2.37. The molecule has 2 amide bonds. The summed E-state index contributed by atoms with van der Waals surface area (Å²) in [7, 11) is 1.59. The Labute approximate surface area is 192 Å². The third-order valence-electron chi connectivity index (χ3n) is 5.51. The first kappa shape index (κ1) is 21.7. The molecule has 6 heteroatoms. The number of imide groups is 1. The van der Waals surface area contributed by atoms with Gasteiger partial charge in [-0.05, 0) is 73.9 Å². The van der Waals surface area contributed by atoms with E-state index < -0.39 is 5.91 Å². The van der Waals surface area contributed by atoms with E-state index in [2.05, 4.69) is 5.32 Å². The summed E-state index contributed by atoms with van der Waals surface area (Å²) >= 11 is 6.19. The molecule has 1 heterocycles. The average molecular weight is 447 g/mol. The van der Waals surface area contributed by atoms with Gasteiger partial charge in [0.1, 0.15) is 11.4 Å². The van der Waals surface area contributed by atoms with Gasteiger partial charge in [0.25, 0.3) is 11.8 Å². The van der Waals surface area contributed by atoms with Crippen LogP contribution in [0.2, 0.25) is 5.02 Å². The number of halogens is 1. The number of nitrogens with one attached hydrogen (secondary N) is 1. The van der Waals surface area contributed by atoms with Crippen LogP contribution in [0.3, 0.4) is 0 Å². The number of carbonyl (C=O) groups is 2. The predicted octanol–water partition coefficient (Wildman–Crippen LogP) is 5.67. The Morgan fingerprint density at radius 3 is 2.22 bits per heavy atom. The van der Waals surface area contributed by atoms with E-state index in [1.807, 2.05) is 39.0 Å². The Hall–Kier alpha value is -3.57. The molecule has 3 aromatic carbocycles. The second kappa shape index (κ2) is 8.52. The monoisotopic (exact) mass is 446 g/mol. The summed E-state index contributed by atoms with van der Waals surface area (Å²) < 4.78 is 5.21. The van der Waals surface area contributed by atoms with Crippen molar-refractivity contribution < 1.29 is 14.3 Å². The van der Waals surface area contributed by atoms with Gasteiger partial charge in [0.05, 0.1) is 18.4 Å². The smallest absolute Gasteiger partial charge is 0.282 e. The Morgan fingerprint density at radius 2 is 1.56 bits per heavy atom. The Bertz CT molecular complexity index is 1260. The van der Waals surface area contributed by atoms with Gasteiger partial charge in [-0.3, -0.25) is 9.59 Å². The van der Waals surface area contributed by atoms with Crippen LogP contribution in [0.5, 0.6) is 5.75 Å². The molecule has 0 bridgehead atoms. The van der Waals surface area contributed by atoms with Gasteiger partial charge < -0.3 is 10.1 Å². The molecule has 1 N–H and O–H groups in total. The van der Waals surface area contributed by atoms with E-state index in [0.717, 1.165) is 16.7 Å². The van der Waals surface area contributed by atoms with Crippen LogP contribution in [-0.4, -0.2) is 18.9 Å². The molecule has 0 atom stereocenters. The molecule has 0 fully saturated rings. The maximum atomic E-state index is 13.7. The lowest BCUT2D eigenvalue weighted by Gasteiger charge is -2.18. The zero-order valence-electron chi connectivity index (χ0n) is 18.3. The van der Waals surface area contributed by atoms with Gasteiger partial charge in [-0.1, -0.05) is 41.4 Å². The molecule has 32 heavy (non-hydrogen) atoms. The van der Waals surface area contributed by atoms with Crippen LogP contribution in [-0.2, 0) is 9.59 Å². The molecule has 0 saturated carbocycles. The largest absolute Gasteiger partial charge is 0.497 e. The molecule has 0 saturated heterocycles. The van der Waals surface area contributed by atoms with Crippen molar-refractivity contribution >= 4 is 40.4 Å². The number of hydrogen-bond donors (Lipinski definition) is 1. The van der Waals surface area contributed by atoms with Gasteiger partial charge in [0.2, 0.25) is 0 Å². The van der Waals surface area contributed by atoms with Gasteiger partial charge >= 0.3 is 0 Å². The fraction of sp³-hybridized carbons (Fsp3) is 0.154. The van der Waals surface area contributed by atoms with E-state index in [0.29, 0.717) is 33.3 Å². The first-order valence-corrected chi connectivity index (χ1v) is 10.6. The van der Waals surface area contributed by atoms with E-state index in [1.165, 1.54) is 4.90 Å². The topological polar surface area (TPSA) is 58.6 Å². The lowest BCUT2D eigenvalue weighted by Crippen LogP contribution is -2.33. The van der Waals surface area contributed by atoms with Gasteiger partial charge in [0.15, 0.2) is 0 Å². The molecular weight excluding hydrogens is 424 g/mol. The number of aryl methyl sites for hydroxylation is 3. The number of anilines is 2. The van der Waals surface area contributed by atoms with Gasteiger partial charge in [-0.2, -0.15) is 0 Å². The molecular formula is C26H23ClN2O3. The van der Waals surface area contributed by atoms with E-state index in [-0.39, 0.29) is 11.6 Å². The molecule has 3 aromatic rings. The number of hydrogen-bond acceptors (Lipinski definition) is 4. The van der Waals surface area contributed by atoms with Crippen LogP contribution in [0, 0.1) is 20.8 Å². The highest BCUT2D eigenvalue weighted by molar-refractivity contribution is 6.46. The quantitative estimate of drug-likeness (QED) is 0.513. The average Bonchev–Trinajstić information content (AvgIpc) is 3.00. The van der Waals surface area contributed by atoms with Gasteiger partial charge in [-0.25, -0.2) is 4.90 Å². The summed E-state index contributed by atoms with van der Waals surface area (Å²) in [6.45, 7) is 5.77. The Balaban J connectivity index is 1.86. The van der Waals surface area contributed by atoms with Crippen molar-refractivity contribution in [2.75, 3.05) is 17.3 Å². The van der Waals surface area contributed by atoms with Crippen molar-refractivity contribution in [2.24, 2.45) is 0 Å². The minimum absolute atomic E-state index is 0.228. The minimum Gasteiger partial charge on any atom is -0.497 e. The Kier molecular flexibility index (Phi) is 5.76. The van der Waals surface area contributed by atoms with Crippen molar-refractivity contribution in [3.05, 3.63) is 93.6 Å². The third kappa shape index (κ3) is 3.87. The summed E-state index contributed by atoms with van der Waals surface area (Å²) in [5.41, 5.74) is 5.20. The first-order valence-electron chi connectivity index (χ1n) is 10.2. The van der Waals surface area contributed by atoms with E-state index in [1.54, 1.807) is 49.6 Å². The minimum atomic E-state index is -0.425. The van der Waals surface area contributed by atoms with Crippen LogP contribution in [0.4, 0.5) is 11.4 Å². The molecule has 5 nitrogen and oxygen atoms in total. The summed E-state index contributed by atoms with van der Waals surface area (Å²) in [4.78, 5) is 28.4. The molecule has 0 aromatic heterocycles. The second-order valence-corrected chi connectivity index (χ2v) is 8.23. The fourth-order valence-electron chi connectivity index (χ4n) is 3.85. The van der Waals surface area contributed by atoms with Crippen molar-refractivity contribution in [1.29, 1.82) is 0 Å². The fourth-order valence-corrected chi connectivity index (χ4v) is 4.02. The number of rotatable bonds is 5. The molecule has 162 valence electrons. The molecule has 0 spiro atoms. The summed E-state index contributed by atoms with van der Waals surface area (Å²) in [5, 5.41) is 3.63. The van der Waals surface area contributed by atoms with E-state index in [4.69, 9.17) is 16.3 Å². The normalized spacial score (nSPS) is 13.7. The van der Waals surface area contributed by atoms with E-state index in [9.17, 15) is 9.59 Å².